The molecule has 4 nitrogen and oxygen atoms in total. The molecule has 98 valence electrons. The Bertz CT molecular complexity index is 404. The lowest BCUT2D eigenvalue weighted by Crippen LogP contribution is -2.32. The molecule has 2 heterocycles. The molecule has 17 heavy (non-hydrogen) atoms. The van der Waals surface area contributed by atoms with Crippen molar-refractivity contribution in [3.8, 4) is 0 Å². The molecule has 0 saturated carbocycles. The molecule has 6 heteroatoms. The van der Waals surface area contributed by atoms with E-state index in [0.717, 1.165) is 23.8 Å². The lowest BCUT2D eigenvalue weighted by Gasteiger charge is -2.13. The molecule has 2 fully saturated rings. The maximum atomic E-state index is 11.6. The Balaban J connectivity index is 1.90. The molecule has 0 amide bonds. The number of nitrogens with zero attached hydrogens (tertiary/aromatic N) is 1. The number of hydrogen-bond acceptors (Lipinski definition) is 4. The Hall–Kier alpha value is -0.230. The summed E-state index contributed by atoms with van der Waals surface area (Å²) in [5.41, 5.74) is 0. The van der Waals surface area contributed by atoms with E-state index >= 15 is 0 Å². The fraction of sp³-hybridized carbons (Fsp3) is 0.909. The van der Waals surface area contributed by atoms with Crippen LogP contribution in [0.5, 0.6) is 0 Å². The minimum absolute atomic E-state index is 0.240. The van der Waals surface area contributed by atoms with Gasteiger partial charge in [-0.05, 0) is 18.8 Å². The highest BCUT2D eigenvalue weighted by Crippen LogP contribution is 2.22. The maximum absolute atomic E-state index is 11.6. The summed E-state index contributed by atoms with van der Waals surface area (Å²) in [5.74, 6) is 1.97. The van der Waals surface area contributed by atoms with E-state index in [1.807, 2.05) is 0 Å². The second-order valence-electron chi connectivity index (χ2n) is 5.08. The van der Waals surface area contributed by atoms with Crippen molar-refractivity contribution in [2.24, 2.45) is 10.9 Å². The molecule has 2 atom stereocenters. The van der Waals surface area contributed by atoms with Crippen molar-refractivity contribution in [2.45, 2.75) is 38.0 Å². The van der Waals surface area contributed by atoms with Gasteiger partial charge in [-0.1, -0.05) is 25.6 Å². The molecule has 0 radical (unpaired) electrons. The van der Waals surface area contributed by atoms with Crippen LogP contribution in [0.1, 0.15) is 26.7 Å². The summed E-state index contributed by atoms with van der Waals surface area (Å²) in [4.78, 5) is 4.42. The van der Waals surface area contributed by atoms with Gasteiger partial charge in [0.1, 0.15) is 0 Å². The molecule has 0 aromatic carbocycles. The summed E-state index contributed by atoms with van der Waals surface area (Å²) < 4.78 is 23.3. The fourth-order valence-corrected chi connectivity index (χ4v) is 5.05. The third-order valence-corrected chi connectivity index (χ3v) is 6.72. The zero-order valence-electron chi connectivity index (χ0n) is 10.3. The lowest BCUT2D eigenvalue weighted by atomic mass is 10.1. The number of aliphatic imine (C=N–C) groups is 1. The van der Waals surface area contributed by atoms with Gasteiger partial charge in [-0.2, -0.15) is 0 Å². The van der Waals surface area contributed by atoms with E-state index in [2.05, 4.69) is 24.2 Å². The van der Waals surface area contributed by atoms with Crippen LogP contribution in [-0.2, 0) is 9.84 Å². The summed E-state index contributed by atoms with van der Waals surface area (Å²) >= 11 is 1.71. The first-order valence-corrected chi connectivity index (χ1v) is 8.84. The van der Waals surface area contributed by atoms with E-state index in [1.54, 1.807) is 11.8 Å². The minimum atomic E-state index is -2.85. The normalized spacial score (nSPS) is 34.4. The van der Waals surface area contributed by atoms with E-state index < -0.39 is 9.84 Å². The molecule has 0 aliphatic carbocycles. The largest absolute Gasteiger partial charge is 0.361 e. The number of amidine groups is 1. The molecule has 0 aromatic rings. The van der Waals surface area contributed by atoms with Crippen LogP contribution in [0.3, 0.4) is 0 Å². The molecule has 2 saturated heterocycles. The maximum Gasteiger partial charge on any atom is 0.156 e. The van der Waals surface area contributed by atoms with Crippen molar-refractivity contribution in [2.75, 3.05) is 18.1 Å². The van der Waals surface area contributed by atoms with Gasteiger partial charge in [0.05, 0.1) is 17.5 Å². The van der Waals surface area contributed by atoms with Crippen LogP contribution < -0.4 is 5.32 Å². The predicted octanol–water partition coefficient (Wildman–Crippen LogP) is 1.28. The second-order valence-corrected chi connectivity index (χ2v) is 8.49. The third-order valence-electron chi connectivity index (χ3n) is 3.41. The van der Waals surface area contributed by atoms with Crippen LogP contribution in [0.2, 0.25) is 0 Å². The van der Waals surface area contributed by atoms with Gasteiger partial charge in [0, 0.05) is 11.8 Å². The smallest absolute Gasteiger partial charge is 0.156 e. The van der Waals surface area contributed by atoms with Gasteiger partial charge in [0.2, 0.25) is 0 Å². The number of thioether (sulfide) groups is 1. The van der Waals surface area contributed by atoms with Crippen LogP contribution in [0, 0.1) is 5.92 Å². The summed E-state index contributed by atoms with van der Waals surface area (Å²) in [6.45, 7) is 4.80. The molecule has 2 aliphatic heterocycles. The Kier molecular flexibility index (Phi) is 4.02. The van der Waals surface area contributed by atoms with E-state index in [9.17, 15) is 8.42 Å². The third kappa shape index (κ3) is 3.16. The lowest BCUT2D eigenvalue weighted by molar-refractivity contribution is 0.503. The highest BCUT2D eigenvalue weighted by atomic mass is 32.2. The first-order chi connectivity index (χ1) is 7.99. The molecule has 2 aliphatic rings. The Morgan fingerprint density at radius 1 is 1.53 bits per heavy atom. The quantitative estimate of drug-likeness (QED) is 0.843. The van der Waals surface area contributed by atoms with Gasteiger partial charge in [0.15, 0.2) is 15.0 Å². The van der Waals surface area contributed by atoms with Crippen LogP contribution in [0.25, 0.3) is 0 Å². The van der Waals surface area contributed by atoms with Crippen molar-refractivity contribution in [3.05, 3.63) is 0 Å². The molecule has 0 spiro atoms. The highest BCUT2D eigenvalue weighted by Gasteiger charge is 2.31. The van der Waals surface area contributed by atoms with E-state index in [1.165, 1.54) is 0 Å². The monoisotopic (exact) mass is 276 g/mol. The Morgan fingerprint density at radius 2 is 2.29 bits per heavy atom. The van der Waals surface area contributed by atoms with Crippen LogP contribution in [-0.4, -0.2) is 42.9 Å². The summed E-state index contributed by atoms with van der Waals surface area (Å²) in [5, 5.41) is 4.04. The zero-order valence-corrected chi connectivity index (χ0v) is 12.0. The van der Waals surface area contributed by atoms with Crippen molar-refractivity contribution in [1.82, 2.24) is 5.32 Å². The van der Waals surface area contributed by atoms with Gasteiger partial charge in [0.25, 0.3) is 0 Å². The van der Waals surface area contributed by atoms with Gasteiger partial charge >= 0.3 is 0 Å². The molecule has 0 bridgehead atoms. The predicted molar refractivity (Wildman–Crippen MR) is 73.3 cm³/mol. The number of nitrogens with one attached hydrogen (secondary N) is 1. The van der Waals surface area contributed by atoms with E-state index in [0.29, 0.717) is 24.3 Å². The molecule has 2 rings (SSSR count). The van der Waals surface area contributed by atoms with Gasteiger partial charge in [-0.3, -0.25) is 4.99 Å². The number of hydrogen-bond donors (Lipinski definition) is 1. The van der Waals surface area contributed by atoms with E-state index in [4.69, 9.17) is 0 Å². The number of sulfone groups is 1. The second kappa shape index (κ2) is 5.18. The first kappa shape index (κ1) is 13.2. The van der Waals surface area contributed by atoms with Crippen LogP contribution >= 0.6 is 11.8 Å². The summed E-state index contributed by atoms with van der Waals surface area (Å²) in [6.07, 6.45) is 1.57. The average Bonchev–Trinajstić information content (AvgIpc) is 2.81. The molecule has 1 N–H and O–H groups in total. The first-order valence-electron chi connectivity index (χ1n) is 6.14. The van der Waals surface area contributed by atoms with Crippen LogP contribution in [0.15, 0.2) is 4.99 Å². The Morgan fingerprint density at radius 3 is 2.82 bits per heavy atom. The van der Waals surface area contributed by atoms with Crippen molar-refractivity contribution >= 4 is 26.8 Å². The van der Waals surface area contributed by atoms with Gasteiger partial charge in [-0.15, -0.1) is 0 Å². The summed E-state index contributed by atoms with van der Waals surface area (Å²) in [6, 6.07) is 0.471. The number of rotatable bonds is 3. The Labute approximate surface area is 108 Å². The van der Waals surface area contributed by atoms with Gasteiger partial charge < -0.3 is 5.32 Å². The van der Waals surface area contributed by atoms with Crippen molar-refractivity contribution in [3.63, 3.8) is 0 Å². The topological polar surface area (TPSA) is 58.5 Å². The highest BCUT2D eigenvalue weighted by molar-refractivity contribution is 8.14. The van der Waals surface area contributed by atoms with E-state index in [-0.39, 0.29) is 5.25 Å². The minimum Gasteiger partial charge on any atom is -0.361 e. The zero-order chi connectivity index (χ0) is 12.5. The van der Waals surface area contributed by atoms with Gasteiger partial charge in [-0.25, -0.2) is 8.42 Å². The van der Waals surface area contributed by atoms with Crippen LogP contribution in [0.4, 0.5) is 0 Å². The molecule has 2 unspecified atom stereocenters. The fourth-order valence-electron chi connectivity index (χ4n) is 2.11. The molecular formula is C11H20N2O2S2. The average molecular weight is 276 g/mol. The SMILES string of the molecule is CC(C)C1CSC(=NCC2CCCS2(=O)=O)N1. The van der Waals surface area contributed by atoms with Crippen molar-refractivity contribution < 1.29 is 8.42 Å². The molecular weight excluding hydrogens is 256 g/mol. The molecule has 0 aromatic heterocycles. The van der Waals surface area contributed by atoms with Crippen molar-refractivity contribution in [1.29, 1.82) is 0 Å². The summed E-state index contributed by atoms with van der Waals surface area (Å²) in [7, 11) is -2.85. The standard InChI is InChI=1S/C11H20N2O2S2/c1-8(2)10-7-16-11(13-10)12-6-9-4-3-5-17(9,14)15/h8-10H,3-7H2,1-2H3,(H,12,13).